The quantitative estimate of drug-likeness (QED) is 0.591. The summed E-state index contributed by atoms with van der Waals surface area (Å²) < 4.78 is 9.90. The molecule has 2 rings (SSSR count). The second-order valence-corrected chi connectivity index (χ2v) is 2.62. The van der Waals surface area contributed by atoms with Gasteiger partial charge < -0.3 is 39.8 Å². The maximum absolute atomic E-state index is 4.95. The Labute approximate surface area is 105 Å². The zero-order chi connectivity index (χ0) is 10.2. The summed E-state index contributed by atoms with van der Waals surface area (Å²) in [6.45, 7) is 0. The SMILES string of the molecule is COc1ccc[c-]1OC.[Ti].[cH-]1[cH-][cH-][cH-][cH-]1. The van der Waals surface area contributed by atoms with Gasteiger partial charge >= 0.3 is 0 Å². The van der Waals surface area contributed by atoms with Crippen LogP contribution in [0.2, 0.25) is 0 Å². The molecule has 0 N–H and O–H groups in total. The first kappa shape index (κ1) is 14.0. The molecule has 0 atom stereocenters. The molecule has 2 aromatic carbocycles. The van der Waals surface area contributed by atoms with E-state index in [0.717, 1.165) is 11.5 Å². The normalized spacial score (nSPS) is 8.13. The Morgan fingerprint density at radius 1 is 1.07 bits per heavy atom. The molecule has 0 saturated heterocycles. The Hall–Kier alpha value is -0.986. The maximum atomic E-state index is 4.95. The van der Waals surface area contributed by atoms with Crippen LogP contribution in [0.1, 0.15) is 0 Å². The average Bonchev–Trinajstić information content (AvgIpc) is 2.91. The van der Waals surface area contributed by atoms with E-state index < -0.39 is 0 Å². The molecule has 3 heteroatoms. The van der Waals surface area contributed by atoms with Crippen LogP contribution in [0.5, 0.6) is 11.5 Å². The minimum absolute atomic E-state index is 0. The third kappa shape index (κ3) is 4.87. The van der Waals surface area contributed by atoms with Crippen LogP contribution in [0.15, 0.2) is 48.5 Å². The van der Waals surface area contributed by atoms with E-state index in [4.69, 9.17) is 9.47 Å². The van der Waals surface area contributed by atoms with Crippen molar-refractivity contribution < 1.29 is 31.2 Å². The Kier molecular flexibility index (Phi) is 7.79. The van der Waals surface area contributed by atoms with Gasteiger partial charge in [0.05, 0.1) is 14.2 Å². The number of hydrogen-bond donors (Lipinski definition) is 0. The summed E-state index contributed by atoms with van der Waals surface area (Å²) in [5.74, 6) is 1.58. The van der Waals surface area contributed by atoms with Crippen molar-refractivity contribution in [2.24, 2.45) is 0 Å². The molecule has 0 fully saturated rings. The first-order valence-corrected chi connectivity index (χ1v) is 4.39. The minimum atomic E-state index is 0. The Morgan fingerprint density at radius 2 is 1.60 bits per heavy atom. The van der Waals surface area contributed by atoms with Crippen LogP contribution in [0.25, 0.3) is 0 Å². The smallest absolute Gasteiger partial charge is 0.0745 e. The van der Waals surface area contributed by atoms with E-state index in [1.807, 2.05) is 48.5 Å². The molecule has 15 heavy (non-hydrogen) atoms. The number of hydrogen-bond acceptors (Lipinski definition) is 2. The summed E-state index contributed by atoms with van der Waals surface area (Å²) in [6, 6.07) is 15.6. The van der Waals surface area contributed by atoms with E-state index in [1.54, 1.807) is 14.2 Å². The molecule has 0 aliphatic rings. The molecule has 0 amide bonds. The molecule has 0 unspecified atom stereocenters. The Morgan fingerprint density at radius 3 is 1.93 bits per heavy atom. The number of ether oxygens (including phenoxy) is 2. The zero-order valence-corrected chi connectivity index (χ0v) is 10.5. The molecule has 0 spiro atoms. The van der Waals surface area contributed by atoms with Crippen LogP contribution in [0, 0.1) is 0 Å². The number of rotatable bonds is 2. The standard InChI is InChI=1S/C7H9O2.C5H5.Ti/c1-8-6-4-3-5-7(6)9-2;1-2-4-5-3-1;/h3-5H,1-2H3;1-5H;/q-1;-5;. The van der Waals surface area contributed by atoms with Crippen LogP contribution in [-0.2, 0) is 21.7 Å². The average molecular weight is 238 g/mol. The van der Waals surface area contributed by atoms with Gasteiger partial charge in [-0.15, -0.1) is 6.07 Å². The van der Waals surface area contributed by atoms with E-state index in [0.29, 0.717) is 0 Å². The van der Waals surface area contributed by atoms with Crippen LogP contribution >= 0.6 is 0 Å². The van der Waals surface area contributed by atoms with E-state index in [1.165, 1.54) is 0 Å². The first-order valence-electron chi connectivity index (χ1n) is 4.39. The van der Waals surface area contributed by atoms with Gasteiger partial charge in [0.25, 0.3) is 0 Å². The molecular formula is C12H14O2Ti-6. The molecule has 84 valence electrons. The van der Waals surface area contributed by atoms with Crippen molar-refractivity contribution >= 4 is 0 Å². The predicted molar refractivity (Wildman–Crippen MR) is 57.2 cm³/mol. The summed E-state index contributed by atoms with van der Waals surface area (Å²) in [7, 11) is 3.25. The largest absolute Gasteiger partial charge is 0.748 e. The van der Waals surface area contributed by atoms with Gasteiger partial charge in [0.15, 0.2) is 0 Å². The van der Waals surface area contributed by atoms with E-state index in [2.05, 4.69) is 0 Å². The van der Waals surface area contributed by atoms with Gasteiger partial charge in [0.1, 0.15) is 0 Å². The molecule has 0 saturated carbocycles. The van der Waals surface area contributed by atoms with Crippen molar-refractivity contribution in [2.45, 2.75) is 0 Å². The fourth-order valence-electron chi connectivity index (χ4n) is 1.05. The van der Waals surface area contributed by atoms with Crippen LogP contribution in [0.3, 0.4) is 0 Å². The van der Waals surface area contributed by atoms with Crippen LogP contribution in [-0.4, -0.2) is 14.2 Å². The van der Waals surface area contributed by atoms with Gasteiger partial charge in [0.2, 0.25) is 0 Å². The van der Waals surface area contributed by atoms with Crippen molar-refractivity contribution in [3.8, 4) is 11.5 Å². The molecule has 0 aliphatic heterocycles. The minimum Gasteiger partial charge on any atom is -0.748 e. The van der Waals surface area contributed by atoms with Gasteiger partial charge in [-0.2, -0.15) is 6.07 Å². The summed E-state index contributed by atoms with van der Waals surface area (Å²) >= 11 is 0. The first-order chi connectivity index (χ1) is 6.88. The summed E-state index contributed by atoms with van der Waals surface area (Å²) in [5.41, 5.74) is 0. The van der Waals surface area contributed by atoms with Crippen molar-refractivity contribution in [3.05, 3.63) is 48.5 Å². The fourth-order valence-corrected chi connectivity index (χ4v) is 1.05. The Bertz CT molecular complexity index is 289. The third-order valence-corrected chi connectivity index (χ3v) is 1.73. The molecule has 0 aromatic heterocycles. The van der Waals surface area contributed by atoms with Crippen molar-refractivity contribution in [1.29, 1.82) is 0 Å². The molecule has 0 bridgehead atoms. The second kappa shape index (κ2) is 8.33. The monoisotopic (exact) mass is 238 g/mol. The zero-order valence-electron chi connectivity index (χ0n) is 8.94. The van der Waals surface area contributed by atoms with Gasteiger partial charge in [-0.25, -0.2) is 6.07 Å². The van der Waals surface area contributed by atoms with E-state index >= 15 is 0 Å². The predicted octanol–water partition coefficient (Wildman–Crippen LogP) is 2.83. The summed E-state index contributed by atoms with van der Waals surface area (Å²) in [6.07, 6.45) is 0. The van der Waals surface area contributed by atoms with Crippen molar-refractivity contribution in [2.75, 3.05) is 14.2 Å². The molecule has 2 nitrogen and oxygen atoms in total. The Balaban J connectivity index is 0.000000280. The second-order valence-electron chi connectivity index (χ2n) is 2.62. The summed E-state index contributed by atoms with van der Waals surface area (Å²) in [4.78, 5) is 0. The van der Waals surface area contributed by atoms with Gasteiger partial charge in [-0.3, -0.25) is 0 Å². The van der Waals surface area contributed by atoms with Crippen LogP contribution in [0.4, 0.5) is 0 Å². The molecule has 2 aromatic rings. The van der Waals surface area contributed by atoms with Gasteiger partial charge in [0, 0.05) is 33.2 Å². The summed E-state index contributed by atoms with van der Waals surface area (Å²) in [5, 5.41) is 0. The van der Waals surface area contributed by atoms with Crippen molar-refractivity contribution in [1.82, 2.24) is 0 Å². The van der Waals surface area contributed by atoms with Gasteiger partial charge in [-0.1, -0.05) is 0 Å². The molecule has 0 aliphatic carbocycles. The van der Waals surface area contributed by atoms with E-state index in [-0.39, 0.29) is 21.7 Å². The number of methoxy groups -OCH3 is 2. The topological polar surface area (TPSA) is 18.5 Å². The molecule has 0 heterocycles. The molecule has 0 radical (unpaired) electrons. The van der Waals surface area contributed by atoms with E-state index in [9.17, 15) is 0 Å². The third-order valence-electron chi connectivity index (χ3n) is 1.73. The van der Waals surface area contributed by atoms with Crippen molar-refractivity contribution in [3.63, 3.8) is 0 Å². The maximum Gasteiger partial charge on any atom is 0.0745 e. The van der Waals surface area contributed by atoms with Gasteiger partial charge in [-0.05, 0) is 0 Å². The fraction of sp³-hybridized carbons (Fsp3) is 0.167. The van der Waals surface area contributed by atoms with Crippen LogP contribution < -0.4 is 9.47 Å². The molecular weight excluding hydrogens is 224 g/mol.